The SMILES string of the molecule is C=CC(=O)N1C[C@H](C)n2nc(-c3nc(-c4ccc5c(c4)nc(C)n5C)c4scc(F)c4c3-c3c(F)cc(F)cc3OC3CN(C)C3)cc2[C@H]1C. The Kier molecular flexibility index (Phi) is 7.60. The van der Waals surface area contributed by atoms with Gasteiger partial charge >= 0.3 is 0 Å². The molecule has 256 valence electrons. The van der Waals surface area contributed by atoms with E-state index in [-0.39, 0.29) is 52.1 Å². The van der Waals surface area contributed by atoms with Crippen molar-refractivity contribution in [3.05, 3.63) is 83.4 Å². The molecule has 0 spiro atoms. The Morgan fingerprint density at radius 3 is 2.52 bits per heavy atom. The fourth-order valence-electron chi connectivity index (χ4n) is 7.22. The Labute approximate surface area is 290 Å². The van der Waals surface area contributed by atoms with E-state index in [0.717, 1.165) is 46.0 Å². The number of halogens is 3. The van der Waals surface area contributed by atoms with Crippen LogP contribution in [-0.4, -0.2) is 72.8 Å². The Hall–Kier alpha value is -5.01. The minimum absolute atomic E-state index is 0.0397. The van der Waals surface area contributed by atoms with Crippen molar-refractivity contribution in [3.8, 4) is 39.5 Å². The summed E-state index contributed by atoms with van der Waals surface area (Å²) in [5, 5.41) is 6.47. The number of pyridine rings is 1. The van der Waals surface area contributed by atoms with Gasteiger partial charge in [0, 0.05) is 60.7 Å². The first kappa shape index (κ1) is 32.2. The molecule has 0 saturated carbocycles. The highest BCUT2D eigenvalue weighted by Gasteiger charge is 2.35. The zero-order valence-corrected chi connectivity index (χ0v) is 29.0. The van der Waals surface area contributed by atoms with Crippen LogP contribution in [0.3, 0.4) is 0 Å². The summed E-state index contributed by atoms with van der Waals surface area (Å²) in [5.41, 5.74) is 4.14. The predicted octanol–water partition coefficient (Wildman–Crippen LogP) is 7.45. The van der Waals surface area contributed by atoms with Crippen molar-refractivity contribution in [2.45, 2.75) is 39.0 Å². The molecule has 2 atom stereocenters. The average Bonchev–Trinajstić information content (AvgIpc) is 3.77. The van der Waals surface area contributed by atoms with Gasteiger partial charge in [0.15, 0.2) is 0 Å². The van der Waals surface area contributed by atoms with Crippen LogP contribution in [-0.2, 0) is 11.8 Å². The second kappa shape index (κ2) is 11.8. The molecular formula is C37H34F3N7O2S. The van der Waals surface area contributed by atoms with E-state index in [2.05, 4.69) is 6.58 Å². The number of nitrogens with zero attached hydrogens (tertiary/aromatic N) is 7. The van der Waals surface area contributed by atoms with Gasteiger partial charge in [-0.2, -0.15) is 5.10 Å². The minimum Gasteiger partial charge on any atom is -0.487 e. The van der Waals surface area contributed by atoms with E-state index in [1.54, 1.807) is 4.90 Å². The number of carbonyl (C=O) groups excluding carboxylic acids is 1. The molecule has 0 bridgehead atoms. The zero-order valence-electron chi connectivity index (χ0n) is 28.2. The van der Waals surface area contributed by atoms with Crippen LogP contribution in [0.5, 0.6) is 5.75 Å². The number of hydrogen-bond donors (Lipinski definition) is 0. The number of thiophene rings is 1. The number of rotatable bonds is 6. The fourth-order valence-corrected chi connectivity index (χ4v) is 8.15. The number of benzene rings is 2. The van der Waals surface area contributed by atoms with E-state index in [1.807, 2.05) is 73.3 Å². The molecular weight excluding hydrogens is 664 g/mol. The summed E-state index contributed by atoms with van der Waals surface area (Å²) in [6, 6.07) is 8.92. The van der Waals surface area contributed by atoms with Gasteiger partial charge < -0.3 is 14.2 Å². The summed E-state index contributed by atoms with van der Waals surface area (Å²) in [7, 11) is 3.86. The van der Waals surface area contributed by atoms with Crippen molar-refractivity contribution in [2.24, 2.45) is 7.05 Å². The van der Waals surface area contributed by atoms with Crippen molar-refractivity contribution in [1.29, 1.82) is 0 Å². The summed E-state index contributed by atoms with van der Waals surface area (Å²) in [6.07, 6.45) is 0.982. The smallest absolute Gasteiger partial charge is 0.246 e. The molecule has 1 amide bonds. The van der Waals surface area contributed by atoms with Gasteiger partial charge in [-0.15, -0.1) is 11.3 Å². The summed E-state index contributed by atoms with van der Waals surface area (Å²) in [4.78, 5) is 26.4. The third kappa shape index (κ3) is 5.01. The summed E-state index contributed by atoms with van der Waals surface area (Å²) in [6.45, 7) is 11.0. The second-order valence-corrected chi connectivity index (χ2v) is 14.1. The van der Waals surface area contributed by atoms with Crippen LogP contribution in [0, 0.1) is 24.4 Å². The molecule has 1 saturated heterocycles. The summed E-state index contributed by atoms with van der Waals surface area (Å²) in [5.74, 6) is -1.71. The molecule has 0 unspecified atom stereocenters. The lowest BCUT2D eigenvalue weighted by Crippen LogP contribution is -2.51. The summed E-state index contributed by atoms with van der Waals surface area (Å²) < 4.78 is 58.0. The van der Waals surface area contributed by atoms with Gasteiger partial charge in [-0.3, -0.25) is 14.4 Å². The molecule has 6 aromatic rings. The molecule has 6 heterocycles. The first-order valence-electron chi connectivity index (χ1n) is 16.3. The molecule has 0 N–H and O–H groups in total. The third-order valence-corrected chi connectivity index (χ3v) is 10.8. The number of aryl methyl sites for hydroxylation is 2. The molecule has 1 fully saturated rings. The molecule has 4 aromatic heterocycles. The highest BCUT2D eigenvalue weighted by atomic mass is 32.1. The zero-order chi connectivity index (χ0) is 35.2. The van der Waals surface area contributed by atoms with Crippen LogP contribution in [0.15, 0.2) is 54.4 Å². The Morgan fingerprint density at radius 2 is 1.78 bits per heavy atom. The van der Waals surface area contributed by atoms with Gasteiger partial charge in [-0.25, -0.2) is 23.1 Å². The van der Waals surface area contributed by atoms with Gasteiger partial charge in [-0.05, 0) is 52.1 Å². The number of fused-ring (bicyclic) bond motifs is 3. The normalized spacial score (nSPS) is 18.1. The van der Waals surface area contributed by atoms with Crippen molar-refractivity contribution < 1.29 is 22.7 Å². The predicted molar refractivity (Wildman–Crippen MR) is 188 cm³/mol. The lowest BCUT2D eigenvalue weighted by molar-refractivity contribution is -0.129. The molecule has 9 nitrogen and oxygen atoms in total. The van der Waals surface area contributed by atoms with Gasteiger partial charge in [0.1, 0.15) is 46.5 Å². The van der Waals surface area contributed by atoms with Gasteiger partial charge in [0.25, 0.3) is 0 Å². The number of hydrogen-bond acceptors (Lipinski definition) is 7. The molecule has 2 aromatic carbocycles. The number of carbonyl (C=O) groups is 1. The Bertz CT molecular complexity index is 2370. The summed E-state index contributed by atoms with van der Waals surface area (Å²) >= 11 is 1.15. The Balaban J connectivity index is 1.42. The molecule has 0 aliphatic carbocycles. The monoisotopic (exact) mass is 697 g/mol. The maximum absolute atomic E-state index is 16.3. The lowest BCUT2D eigenvalue weighted by Gasteiger charge is -2.36. The van der Waals surface area contributed by atoms with Crippen LogP contribution in [0.4, 0.5) is 13.2 Å². The van der Waals surface area contributed by atoms with Crippen LogP contribution < -0.4 is 4.74 Å². The number of aromatic nitrogens is 5. The van der Waals surface area contributed by atoms with Crippen LogP contribution in [0.2, 0.25) is 0 Å². The third-order valence-electron chi connectivity index (χ3n) is 9.88. The molecule has 2 aliphatic rings. The number of likely N-dealkylation sites (tertiary alicyclic amines) is 1. The van der Waals surface area contributed by atoms with E-state index in [9.17, 15) is 9.18 Å². The first-order valence-corrected chi connectivity index (χ1v) is 17.2. The molecule has 2 aliphatic heterocycles. The highest BCUT2D eigenvalue weighted by molar-refractivity contribution is 7.17. The number of likely N-dealkylation sites (N-methyl/N-ethyl adjacent to an activating group) is 1. The van der Waals surface area contributed by atoms with E-state index in [1.165, 1.54) is 11.5 Å². The largest absolute Gasteiger partial charge is 0.487 e. The standard InChI is InChI=1S/C37H34F3N7O2S/c1-7-31(48)46-14-18(2)47-29(19(46)3)13-27(43-47)36-34(32-24(39)11-22(38)12-30(32)49-23-15-44(5)16-23)33-25(40)17-50-37(33)35(42-36)21-8-9-28-26(10-21)41-20(4)45(28)6/h7-13,17-19,23H,1,14-16H2,2-6H3/t18-,19+/m0/s1. The molecule has 8 rings (SSSR count). The van der Waals surface area contributed by atoms with Crippen LogP contribution in [0.1, 0.15) is 37.4 Å². The van der Waals surface area contributed by atoms with Crippen molar-refractivity contribution >= 4 is 38.4 Å². The number of ether oxygens (including phenoxy) is 1. The van der Waals surface area contributed by atoms with E-state index >= 15 is 8.78 Å². The quantitative estimate of drug-likeness (QED) is 0.168. The van der Waals surface area contributed by atoms with E-state index in [0.29, 0.717) is 41.3 Å². The van der Waals surface area contributed by atoms with Gasteiger partial charge in [-0.1, -0.05) is 12.6 Å². The van der Waals surface area contributed by atoms with Gasteiger partial charge in [0.05, 0.1) is 44.8 Å². The van der Waals surface area contributed by atoms with Crippen LogP contribution >= 0.6 is 11.3 Å². The van der Waals surface area contributed by atoms with E-state index < -0.39 is 17.5 Å². The van der Waals surface area contributed by atoms with Crippen molar-refractivity contribution in [3.63, 3.8) is 0 Å². The lowest BCUT2D eigenvalue weighted by atomic mass is 9.94. The topological polar surface area (TPSA) is 81.3 Å². The number of amides is 1. The fraction of sp³-hybridized carbons (Fsp3) is 0.297. The first-order chi connectivity index (χ1) is 23.9. The van der Waals surface area contributed by atoms with Crippen molar-refractivity contribution in [1.82, 2.24) is 34.1 Å². The Morgan fingerprint density at radius 1 is 1.00 bits per heavy atom. The average molecular weight is 698 g/mol. The molecule has 13 heteroatoms. The molecule has 50 heavy (non-hydrogen) atoms. The van der Waals surface area contributed by atoms with Crippen LogP contribution in [0.25, 0.3) is 54.9 Å². The van der Waals surface area contributed by atoms with E-state index in [4.69, 9.17) is 19.8 Å². The maximum atomic E-state index is 16.3. The van der Waals surface area contributed by atoms with Crippen molar-refractivity contribution in [2.75, 3.05) is 26.7 Å². The number of imidazole rings is 1. The molecule has 0 radical (unpaired) electrons. The second-order valence-electron chi connectivity index (χ2n) is 13.2. The minimum atomic E-state index is -0.908. The van der Waals surface area contributed by atoms with Gasteiger partial charge in [0.2, 0.25) is 5.91 Å². The highest BCUT2D eigenvalue weighted by Crippen LogP contribution is 2.49. The maximum Gasteiger partial charge on any atom is 0.246 e.